The van der Waals surface area contributed by atoms with E-state index in [-0.39, 0.29) is 16.7 Å². The number of nitrogens with one attached hydrogen (secondary N) is 1. The van der Waals surface area contributed by atoms with Crippen LogP contribution in [-0.4, -0.2) is 38.5 Å². The molecule has 0 radical (unpaired) electrons. The molecular weight excluding hydrogens is 314 g/mol. The van der Waals surface area contributed by atoms with Gasteiger partial charge in [-0.25, -0.2) is 4.68 Å². The van der Waals surface area contributed by atoms with Crippen LogP contribution < -0.4 is 10.1 Å². The zero-order valence-electron chi connectivity index (χ0n) is 13.9. The molecule has 2 rings (SSSR count). The van der Waals surface area contributed by atoms with E-state index in [1.54, 1.807) is 36.1 Å². The van der Waals surface area contributed by atoms with E-state index in [0.29, 0.717) is 5.16 Å². The molecule has 0 saturated carbocycles. The van der Waals surface area contributed by atoms with Crippen LogP contribution in [0.5, 0.6) is 5.75 Å². The summed E-state index contributed by atoms with van der Waals surface area (Å²) in [5, 5.41) is 14.9. The molecule has 23 heavy (non-hydrogen) atoms. The summed E-state index contributed by atoms with van der Waals surface area (Å²) < 4.78 is 6.81. The molecule has 1 heterocycles. The number of ether oxygens (including phenoxy) is 1. The molecule has 124 valence electrons. The predicted molar refractivity (Wildman–Crippen MR) is 89.8 cm³/mol. The highest BCUT2D eigenvalue weighted by Crippen LogP contribution is 2.26. The molecule has 0 saturated heterocycles. The minimum atomic E-state index is -0.329. The van der Waals surface area contributed by atoms with Gasteiger partial charge in [-0.05, 0) is 62.4 Å². The van der Waals surface area contributed by atoms with Crippen LogP contribution in [0.3, 0.4) is 0 Å². The maximum absolute atomic E-state index is 12.3. The predicted octanol–water partition coefficient (Wildman–Crippen LogP) is 2.56. The molecule has 0 bridgehead atoms. The van der Waals surface area contributed by atoms with Gasteiger partial charge in [-0.3, -0.25) is 4.79 Å². The Bertz CT molecular complexity index is 663. The number of aromatic nitrogens is 4. The third kappa shape index (κ3) is 4.44. The average Bonchev–Trinajstić information content (AvgIpc) is 2.96. The summed E-state index contributed by atoms with van der Waals surface area (Å²) in [6.07, 6.45) is 0. The molecule has 1 aromatic heterocycles. The lowest BCUT2D eigenvalue weighted by atomic mass is 10.1. The third-order valence-corrected chi connectivity index (χ3v) is 4.12. The van der Waals surface area contributed by atoms with Crippen molar-refractivity contribution in [3.63, 3.8) is 0 Å². The number of nitrogens with zero attached hydrogens (tertiary/aromatic N) is 4. The molecule has 1 aromatic carbocycles. The van der Waals surface area contributed by atoms with Gasteiger partial charge in [0.15, 0.2) is 0 Å². The summed E-state index contributed by atoms with van der Waals surface area (Å²) in [7, 11) is 1.60. The van der Waals surface area contributed by atoms with Crippen molar-refractivity contribution in [3.05, 3.63) is 24.3 Å². The van der Waals surface area contributed by atoms with E-state index in [4.69, 9.17) is 4.74 Å². The minimum absolute atomic E-state index is 0.108. The summed E-state index contributed by atoms with van der Waals surface area (Å²) in [5.41, 5.74) is 0.483. The SMILES string of the molecule is COc1ccc(NC(=O)C(C)Sc2nnnn2C(C)(C)C)cc1. The molecule has 0 fully saturated rings. The van der Waals surface area contributed by atoms with Crippen molar-refractivity contribution < 1.29 is 9.53 Å². The number of carbonyl (C=O) groups is 1. The molecular formula is C15H21N5O2S. The molecule has 0 aliphatic carbocycles. The lowest BCUT2D eigenvalue weighted by molar-refractivity contribution is -0.115. The number of rotatable bonds is 5. The first-order valence-corrected chi connectivity index (χ1v) is 8.09. The first-order chi connectivity index (χ1) is 10.8. The maximum Gasteiger partial charge on any atom is 0.237 e. The third-order valence-electron chi connectivity index (χ3n) is 3.09. The van der Waals surface area contributed by atoms with Gasteiger partial charge < -0.3 is 10.1 Å². The highest BCUT2D eigenvalue weighted by molar-refractivity contribution is 8.00. The molecule has 7 nitrogen and oxygen atoms in total. The van der Waals surface area contributed by atoms with Crippen molar-refractivity contribution in [2.75, 3.05) is 12.4 Å². The van der Waals surface area contributed by atoms with E-state index >= 15 is 0 Å². The molecule has 0 aliphatic rings. The topological polar surface area (TPSA) is 81.9 Å². The Morgan fingerprint density at radius 1 is 1.30 bits per heavy atom. The highest BCUT2D eigenvalue weighted by atomic mass is 32.2. The van der Waals surface area contributed by atoms with E-state index in [1.165, 1.54) is 11.8 Å². The molecule has 1 amide bonds. The van der Waals surface area contributed by atoms with Gasteiger partial charge in [0.25, 0.3) is 0 Å². The van der Waals surface area contributed by atoms with Crippen LogP contribution in [0.1, 0.15) is 27.7 Å². The minimum Gasteiger partial charge on any atom is -0.497 e. The Morgan fingerprint density at radius 3 is 2.52 bits per heavy atom. The average molecular weight is 335 g/mol. The van der Waals surface area contributed by atoms with Crippen LogP contribution >= 0.6 is 11.8 Å². The summed E-state index contributed by atoms with van der Waals surface area (Å²) in [4.78, 5) is 12.3. The van der Waals surface area contributed by atoms with E-state index < -0.39 is 0 Å². The van der Waals surface area contributed by atoms with Crippen LogP contribution in [0.25, 0.3) is 0 Å². The van der Waals surface area contributed by atoms with Crippen molar-refractivity contribution in [1.29, 1.82) is 0 Å². The summed E-state index contributed by atoms with van der Waals surface area (Å²) in [6.45, 7) is 7.85. The zero-order valence-corrected chi connectivity index (χ0v) is 14.7. The van der Waals surface area contributed by atoms with E-state index in [9.17, 15) is 4.79 Å². The van der Waals surface area contributed by atoms with Gasteiger partial charge in [-0.1, -0.05) is 11.8 Å². The van der Waals surface area contributed by atoms with Crippen molar-refractivity contribution in [2.45, 2.75) is 43.6 Å². The number of methoxy groups -OCH3 is 1. The van der Waals surface area contributed by atoms with Crippen LogP contribution in [-0.2, 0) is 10.3 Å². The lowest BCUT2D eigenvalue weighted by Crippen LogP contribution is -2.27. The van der Waals surface area contributed by atoms with Crippen LogP contribution in [0.4, 0.5) is 5.69 Å². The second-order valence-corrected chi connectivity index (χ2v) is 7.33. The van der Waals surface area contributed by atoms with Crippen molar-refractivity contribution >= 4 is 23.4 Å². The fraction of sp³-hybridized carbons (Fsp3) is 0.467. The van der Waals surface area contributed by atoms with Crippen molar-refractivity contribution in [2.24, 2.45) is 0 Å². The number of thioether (sulfide) groups is 1. The fourth-order valence-corrected chi connectivity index (χ4v) is 2.78. The number of carbonyl (C=O) groups excluding carboxylic acids is 1. The van der Waals surface area contributed by atoms with Gasteiger partial charge in [-0.2, -0.15) is 0 Å². The molecule has 0 spiro atoms. The standard InChI is InChI=1S/C15H21N5O2S/c1-10(23-14-17-18-19-20(14)15(2,3)4)13(21)16-11-6-8-12(22-5)9-7-11/h6-10H,1-5H3,(H,16,21). The molecule has 2 aromatic rings. The van der Waals surface area contributed by atoms with Gasteiger partial charge in [0, 0.05) is 5.69 Å². The Kier molecular flexibility index (Phi) is 5.25. The van der Waals surface area contributed by atoms with Crippen LogP contribution in [0, 0.1) is 0 Å². The van der Waals surface area contributed by atoms with Gasteiger partial charge in [0.05, 0.1) is 17.9 Å². The summed E-state index contributed by atoms with van der Waals surface area (Å²) in [6, 6.07) is 7.20. The van der Waals surface area contributed by atoms with Gasteiger partial charge in [0.2, 0.25) is 11.1 Å². The maximum atomic E-state index is 12.3. The molecule has 1 unspecified atom stereocenters. The molecule has 8 heteroatoms. The molecule has 1 atom stereocenters. The summed E-state index contributed by atoms with van der Waals surface area (Å²) >= 11 is 1.33. The van der Waals surface area contributed by atoms with Gasteiger partial charge >= 0.3 is 0 Å². The zero-order chi connectivity index (χ0) is 17.0. The number of anilines is 1. The van der Waals surface area contributed by atoms with Crippen LogP contribution in [0.15, 0.2) is 29.4 Å². The summed E-state index contributed by atoms with van der Waals surface area (Å²) in [5.74, 6) is 0.637. The lowest BCUT2D eigenvalue weighted by Gasteiger charge is -2.20. The monoisotopic (exact) mass is 335 g/mol. The Morgan fingerprint density at radius 2 is 1.96 bits per heavy atom. The first kappa shape index (κ1) is 17.3. The molecule has 1 N–H and O–H groups in total. The normalized spacial score (nSPS) is 12.7. The van der Waals surface area contributed by atoms with Crippen molar-refractivity contribution in [1.82, 2.24) is 20.2 Å². The Balaban J connectivity index is 2.01. The van der Waals surface area contributed by atoms with Gasteiger partial charge in [0.1, 0.15) is 5.75 Å². The Hall–Kier alpha value is -2.09. The second kappa shape index (κ2) is 6.99. The smallest absolute Gasteiger partial charge is 0.237 e. The second-order valence-electron chi connectivity index (χ2n) is 6.02. The Labute approximate surface area is 139 Å². The van der Waals surface area contributed by atoms with Crippen LogP contribution in [0.2, 0.25) is 0 Å². The number of tetrazole rings is 1. The fourth-order valence-electron chi connectivity index (χ4n) is 1.80. The van der Waals surface area contributed by atoms with E-state index in [1.807, 2.05) is 27.7 Å². The largest absolute Gasteiger partial charge is 0.497 e. The number of amides is 1. The van der Waals surface area contributed by atoms with Crippen molar-refractivity contribution in [3.8, 4) is 5.75 Å². The number of benzene rings is 1. The molecule has 0 aliphatic heterocycles. The quantitative estimate of drug-likeness (QED) is 0.846. The van der Waals surface area contributed by atoms with Gasteiger partial charge in [-0.15, -0.1) is 5.10 Å². The number of hydrogen-bond acceptors (Lipinski definition) is 6. The highest BCUT2D eigenvalue weighted by Gasteiger charge is 2.24. The van der Waals surface area contributed by atoms with E-state index in [0.717, 1.165) is 11.4 Å². The first-order valence-electron chi connectivity index (χ1n) is 7.21. The number of hydrogen-bond donors (Lipinski definition) is 1. The van der Waals surface area contributed by atoms with E-state index in [2.05, 4.69) is 20.8 Å².